The number of nitrogens with zero attached hydrogens (tertiary/aromatic N) is 1. The summed E-state index contributed by atoms with van der Waals surface area (Å²) in [4.78, 5) is 19.9. The summed E-state index contributed by atoms with van der Waals surface area (Å²) in [5.41, 5.74) is 3.45. The maximum atomic E-state index is 12.2. The number of benzene rings is 1. The van der Waals surface area contributed by atoms with E-state index >= 15 is 0 Å². The fourth-order valence-corrected chi connectivity index (χ4v) is 3.67. The molecule has 0 radical (unpaired) electrons. The molecule has 1 N–H and O–H groups in total. The highest BCUT2D eigenvalue weighted by molar-refractivity contribution is 14.1. The van der Waals surface area contributed by atoms with E-state index in [1.165, 1.54) is 24.0 Å². The Morgan fingerprint density at radius 2 is 1.90 bits per heavy atom. The van der Waals surface area contributed by atoms with Crippen molar-refractivity contribution in [3.63, 3.8) is 0 Å². The van der Waals surface area contributed by atoms with Gasteiger partial charge in [-0.2, -0.15) is 0 Å². The first kappa shape index (κ1) is 14.8. The highest BCUT2D eigenvalue weighted by Crippen LogP contribution is 2.34. The van der Waals surface area contributed by atoms with E-state index in [4.69, 9.17) is 4.98 Å². The number of aryl methyl sites for hydroxylation is 1. The summed E-state index contributed by atoms with van der Waals surface area (Å²) < 4.78 is 0.771. The second kappa shape index (κ2) is 6.30. The Bertz CT molecular complexity index is 685. The molecule has 110 valence electrons. The first-order valence-corrected chi connectivity index (χ1v) is 8.55. The van der Waals surface area contributed by atoms with Gasteiger partial charge < -0.3 is 4.98 Å². The Labute approximate surface area is 138 Å². The number of nitrogens with one attached hydrogen (secondary N) is 1. The largest absolute Gasteiger partial charge is 0.309 e. The number of hydrogen-bond acceptors (Lipinski definition) is 2. The van der Waals surface area contributed by atoms with E-state index in [1.807, 2.05) is 0 Å². The van der Waals surface area contributed by atoms with Crippen molar-refractivity contribution in [1.29, 1.82) is 0 Å². The SMILES string of the molecule is Cc1ccc(Cc2nc(C3CCCC3)c(I)c(=O)[nH]2)cc1. The number of aromatic amines is 1. The van der Waals surface area contributed by atoms with Crippen molar-refractivity contribution in [3.05, 3.63) is 60.8 Å². The molecule has 0 amide bonds. The Kier molecular flexibility index (Phi) is 4.42. The molecule has 1 heterocycles. The summed E-state index contributed by atoms with van der Waals surface area (Å²) >= 11 is 2.14. The van der Waals surface area contributed by atoms with Crippen molar-refractivity contribution in [1.82, 2.24) is 9.97 Å². The molecule has 0 unspecified atom stereocenters. The van der Waals surface area contributed by atoms with Crippen LogP contribution in [0.5, 0.6) is 0 Å². The molecule has 21 heavy (non-hydrogen) atoms. The van der Waals surface area contributed by atoms with Crippen LogP contribution in [0.15, 0.2) is 29.1 Å². The topological polar surface area (TPSA) is 45.8 Å². The summed E-state index contributed by atoms with van der Waals surface area (Å²) in [6.07, 6.45) is 5.52. The third-order valence-electron chi connectivity index (χ3n) is 4.17. The number of rotatable bonds is 3. The van der Waals surface area contributed by atoms with E-state index < -0.39 is 0 Å². The van der Waals surface area contributed by atoms with E-state index in [2.05, 4.69) is 58.8 Å². The van der Waals surface area contributed by atoms with E-state index in [0.29, 0.717) is 12.3 Å². The van der Waals surface area contributed by atoms with Crippen LogP contribution in [-0.4, -0.2) is 9.97 Å². The molecule has 3 nitrogen and oxygen atoms in total. The van der Waals surface area contributed by atoms with Crippen molar-refractivity contribution >= 4 is 22.6 Å². The maximum absolute atomic E-state index is 12.2. The van der Waals surface area contributed by atoms with Crippen LogP contribution in [0.2, 0.25) is 0 Å². The van der Waals surface area contributed by atoms with Crippen molar-refractivity contribution in [2.45, 2.75) is 44.9 Å². The predicted molar refractivity (Wildman–Crippen MR) is 92.8 cm³/mol. The molecule has 3 rings (SSSR count). The molecular formula is C17H19IN2O. The second-order valence-electron chi connectivity index (χ2n) is 5.86. The Morgan fingerprint density at radius 1 is 1.24 bits per heavy atom. The van der Waals surface area contributed by atoms with Gasteiger partial charge in [0.2, 0.25) is 0 Å². The predicted octanol–water partition coefficient (Wildman–Crippen LogP) is 3.93. The highest BCUT2D eigenvalue weighted by atomic mass is 127. The summed E-state index contributed by atoms with van der Waals surface area (Å²) in [7, 11) is 0. The molecule has 0 saturated heterocycles. The van der Waals surface area contributed by atoms with Crippen LogP contribution in [0, 0.1) is 10.5 Å². The number of halogens is 1. The third kappa shape index (κ3) is 3.36. The third-order valence-corrected chi connectivity index (χ3v) is 5.21. The first-order chi connectivity index (χ1) is 10.1. The summed E-state index contributed by atoms with van der Waals surface area (Å²) in [6.45, 7) is 2.08. The van der Waals surface area contributed by atoms with Crippen molar-refractivity contribution in [3.8, 4) is 0 Å². The van der Waals surface area contributed by atoms with Gasteiger partial charge in [0.05, 0.1) is 9.26 Å². The normalized spacial score (nSPS) is 15.5. The monoisotopic (exact) mass is 394 g/mol. The van der Waals surface area contributed by atoms with Crippen LogP contribution in [0.3, 0.4) is 0 Å². The fourth-order valence-electron chi connectivity index (χ4n) is 2.98. The van der Waals surface area contributed by atoms with Gasteiger partial charge >= 0.3 is 0 Å². The zero-order chi connectivity index (χ0) is 14.8. The van der Waals surface area contributed by atoms with Gasteiger partial charge in [-0.25, -0.2) is 4.98 Å². The lowest BCUT2D eigenvalue weighted by molar-refractivity contribution is 0.677. The van der Waals surface area contributed by atoms with Gasteiger partial charge in [-0.05, 0) is 47.9 Å². The van der Waals surface area contributed by atoms with Gasteiger partial charge in [-0.3, -0.25) is 4.79 Å². The highest BCUT2D eigenvalue weighted by Gasteiger charge is 2.22. The minimum absolute atomic E-state index is 0.00890. The minimum atomic E-state index is 0.00890. The van der Waals surface area contributed by atoms with Crippen molar-refractivity contribution < 1.29 is 0 Å². The van der Waals surface area contributed by atoms with Gasteiger partial charge in [-0.15, -0.1) is 0 Å². The summed E-state index contributed by atoms with van der Waals surface area (Å²) in [6, 6.07) is 8.39. The molecule has 0 aliphatic heterocycles. The lowest BCUT2D eigenvalue weighted by atomic mass is 10.0. The van der Waals surface area contributed by atoms with Crippen molar-refractivity contribution in [2.24, 2.45) is 0 Å². The zero-order valence-corrected chi connectivity index (χ0v) is 14.3. The molecule has 1 fully saturated rings. The molecule has 1 saturated carbocycles. The van der Waals surface area contributed by atoms with Gasteiger partial charge in [0.15, 0.2) is 0 Å². The summed E-state index contributed by atoms with van der Waals surface area (Å²) in [5, 5.41) is 0. The van der Waals surface area contributed by atoms with Gasteiger partial charge in [0.1, 0.15) is 5.82 Å². The molecule has 0 spiro atoms. The number of hydrogen-bond donors (Lipinski definition) is 1. The Balaban J connectivity index is 1.92. The van der Waals surface area contributed by atoms with Crippen molar-refractivity contribution in [2.75, 3.05) is 0 Å². The molecule has 1 aromatic heterocycles. The van der Waals surface area contributed by atoms with E-state index in [-0.39, 0.29) is 5.56 Å². The molecule has 1 aliphatic carbocycles. The lowest BCUT2D eigenvalue weighted by Gasteiger charge is -2.12. The van der Waals surface area contributed by atoms with Crippen LogP contribution >= 0.6 is 22.6 Å². The lowest BCUT2D eigenvalue weighted by Crippen LogP contribution is -2.19. The van der Waals surface area contributed by atoms with Gasteiger partial charge in [0, 0.05) is 12.3 Å². The van der Waals surface area contributed by atoms with Crippen LogP contribution in [0.1, 0.15) is 54.2 Å². The fraction of sp³-hybridized carbons (Fsp3) is 0.412. The summed E-state index contributed by atoms with van der Waals surface area (Å²) in [5.74, 6) is 1.25. The minimum Gasteiger partial charge on any atom is -0.309 e. The zero-order valence-electron chi connectivity index (χ0n) is 12.2. The smallest absolute Gasteiger partial charge is 0.264 e. The Morgan fingerprint density at radius 3 is 2.57 bits per heavy atom. The van der Waals surface area contributed by atoms with E-state index in [1.54, 1.807) is 0 Å². The molecular weight excluding hydrogens is 375 g/mol. The average Bonchev–Trinajstić information content (AvgIpc) is 2.99. The first-order valence-electron chi connectivity index (χ1n) is 7.47. The molecule has 0 atom stereocenters. The average molecular weight is 394 g/mol. The molecule has 2 aromatic rings. The molecule has 1 aromatic carbocycles. The van der Waals surface area contributed by atoms with E-state index in [9.17, 15) is 4.79 Å². The maximum Gasteiger partial charge on any atom is 0.264 e. The van der Waals surface area contributed by atoms with Crippen LogP contribution in [0.25, 0.3) is 0 Å². The van der Waals surface area contributed by atoms with Gasteiger partial charge in [0.25, 0.3) is 5.56 Å². The number of aromatic nitrogens is 2. The van der Waals surface area contributed by atoms with Gasteiger partial charge in [-0.1, -0.05) is 42.7 Å². The van der Waals surface area contributed by atoms with Crippen LogP contribution in [0.4, 0.5) is 0 Å². The molecule has 0 bridgehead atoms. The quantitative estimate of drug-likeness (QED) is 0.802. The van der Waals surface area contributed by atoms with Crippen LogP contribution in [-0.2, 0) is 6.42 Å². The molecule has 4 heteroatoms. The molecule has 1 aliphatic rings. The second-order valence-corrected chi connectivity index (χ2v) is 6.93. The number of H-pyrrole nitrogens is 1. The van der Waals surface area contributed by atoms with E-state index in [0.717, 1.165) is 27.9 Å². The van der Waals surface area contributed by atoms with Crippen LogP contribution < -0.4 is 5.56 Å². The Hall–Kier alpha value is -1.17. The standard InChI is InChI=1S/C17H19IN2O/c1-11-6-8-12(9-7-11)10-14-19-16(13-4-2-3-5-13)15(18)17(21)20-14/h6-9,13H,2-5,10H2,1H3,(H,19,20,21).